The summed E-state index contributed by atoms with van der Waals surface area (Å²) in [4.78, 5) is 12.8. The Morgan fingerprint density at radius 1 is 1.61 bits per heavy atom. The minimum Gasteiger partial charge on any atom is -0.383 e. The second-order valence-electron chi connectivity index (χ2n) is 3.57. The predicted octanol–water partition coefficient (Wildman–Crippen LogP) is 1.57. The lowest BCUT2D eigenvalue weighted by Gasteiger charge is -2.05. The molecule has 2 heterocycles. The SMILES string of the molecule is COCCn1ncc(Cl)c1C(=O)c1snnc1C. The molecular weight excluding hydrogens is 276 g/mol. The second kappa shape index (κ2) is 5.55. The summed E-state index contributed by atoms with van der Waals surface area (Å²) in [6.07, 6.45) is 1.45. The fraction of sp³-hybridized carbons (Fsp3) is 0.400. The quantitative estimate of drug-likeness (QED) is 0.781. The number of methoxy groups -OCH3 is 1. The molecule has 2 rings (SSSR count). The van der Waals surface area contributed by atoms with Crippen LogP contribution in [0, 0.1) is 6.92 Å². The van der Waals surface area contributed by atoms with E-state index in [-0.39, 0.29) is 5.78 Å². The summed E-state index contributed by atoms with van der Waals surface area (Å²) < 4.78 is 10.2. The molecule has 0 radical (unpaired) electrons. The molecule has 2 aromatic rings. The van der Waals surface area contributed by atoms with Crippen LogP contribution in [0.15, 0.2) is 6.20 Å². The molecule has 0 aliphatic rings. The summed E-state index contributed by atoms with van der Waals surface area (Å²) in [6.45, 7) is 2.66. The van der Waals surface area contributed by atoms with Crippen molar-refractivity contribution in [2.75, 3.05) is 13.7 Å². The van der Waals surface area contributed by atoms with Crippen LogP contribution in [-0.4, -0.2) is 38.9 Å². The maximum Gasteiger partial charge on any atom is 0.226 e. The summed E-state index contributed by atoms with van der Waals surface area (Å²) in [5.41, 5.74) is 0.948. The average Bonchev–Trinajstić information content (AvgIpc) is 2.92. The molecule has 0 amide bonds. The molecule has 0 bridgehead atoms. The number of aryl methyl sites for hydroxylation is 1. The van der Waals surface area contributed by atoms with E-state index in [4.69, 9.17) is 16.3 Å². The largest absolute Gasteiger partial charge is 0.383 e. The highest BCUT2D eigenvalue weighted by molar-refractivity contribution is 7.08. The first-order valence-corrected chi connectivity index (χ1v) is 6.34. The van der Waals surface area contributed by atoms with Crippen molar-refractivity contribution in [3.8, 4) is 0 Å². The number of ether oxygens (including phenoxy) is 1. The van der Waals surface area contributed by atoms with E-state index in [1.54, 1.807) is 14.0 Å². The lowest BCUT2D eigenvalue weighted by Crippen LogP contribution is -2.14. The van der Waals surface area contributed by atoms with Crippen molar-refractivity contribution in [1.82, 2.24) is 19.4 Å². The maximum atomic E-state index is 12.3. The third-order valence-electron chi connectivity index (χ3n) is 2.37. The summed E-state index contributed by atoms with van der Waals surface area (Å²) in [7, 11) is 1.59. The number of hydrogen-bond acceptors (Lipinski definition) is 6. The van der Waals surface area contributed by atoms with Gasteiger partial charge in [-0.05, 0) is 18.5 Å². The third-order valence-corrected chi connectivity index (χ3v) is 3.48. The van der Waals surface area contributed by atoms with Crippen LogP contribution in [-0.2, 0) is 11.3 Å². The molecule has 0 aliphatic carbocycles. The van der Waals surface area contributed by atoms with E-state index in [1.165, 1.54) is 10.9 Å². The zero-order valence-electron chi connectivity index (χ0n) is 9.88. The van der Waals surface area contributed by atoms with Crippen LogP contribution in [0.4, 0.5) is 0 Å². The molecule has 0 aromatic carbocycles. The van der Waals surface area contributed by atoms with Gasteiger partial charge in [-0.25, -0.2) is 0 Å². The van der Waals surface area contributed by atoms with E-state index in [0.29, 0.717) is 34.4 Å². The number of ketones is 1. The Kier molecular flexibility index (Phi) is 4.05. The molecule has 6 nitrogen and oxygen atoms in total. The van der Waals surface area contributed by atoms with Crippen LogP contribution in [0.2, 0.25) is 5.02 Å². The van der Waals surface area contributed by atoms with Gasteiger partial charge < -0.3 is 4.74 Å². The fourth-order valence-electron chi connectivity index (χ4n) is 1.48. The molecule has 0 saturated heterocycles. The van der Waals surface area contributed by atoms with Gasteiger partial charge in [0.05, 0.1) is 30.1 Å². The molecule has 8 heteroatoms. The Morgan fingerprint density at radius 3 is 3.00 bits per heavy atom. The molecule has 0 atom stereocenters. The average molecular weight is 287 g/mol. The summed E-state index contributed by atoms with van der Waals surface area (Å²) in [6, 6.07) is 0. The highest BCUT2D eigenvalue weighted by atomic mass is 35.5. The Balaban J connectivity index is 2.35. The number of aromatic nitrogens is 4. The van der Waals surface area contributed by atoms with E-state index >= 15 is 0 Å². The smallest absolute Gasteiger partial charge is 0.226 e. The van der Waals surface area contributed by atoms with Gasteiger partial charge >= 0.3 is 0 Å². The number of carbonyl (C=O) groups is 1. The number of halogens is 1. The van der Waals surface area contributed by atoms with Crippen molar-refractivity contribution < 1.29 is 9.53 Å². The molecule has 0 spiro atoms. The van der Waals surface area contributed by atoms with E-state index in [2.05, 4.69) is 14.7 Å². The molecule has 0 aliphatic heterocycles. The van der Waals surface area contributed by atoms with Gasteiger partial charge in [-0.3, -0.25) is 9.48 Å². The highest BCUT2D eigenvalue weighted by Crippen LogP contribution is 2.22. The topological polar surface area (TPSA) is 69.9 Å². The fourth-order valence-corrected chi connectivity index (χ4v) is 2.31. The summed E-state index contributed by atoms with van der Waals surface area (Å²) in [5.74, 6) is -0.207. The van der Waals surface area contributed by atoms with E-state index < -0.39 is 0 Å². The van der Waals surface area contributed by atoms with Gasteiger partial charge in [0.1, 0.15) is 10.6 Å². The highest BCUT2D eigenvalue weighted by Gasteiger charge is 2.22. The van der Waals surface area contributed by atoms with Crippen molar-refractivity contribution in [1.29, 1.82) is 0 Å². The van der Waals surface area contributed by atoms with Crippen molar-refractivity contribution in [2.45, 2.75) is 13.5 Å². The van der Waals surface area contributed by atoms with E-state index in [9.17, 15) is 4.79 Å². The number of nitrogens with zero attached hydrogens (tertiary/aromatic N) is 4. The monoisotopic (exact) mass is 286 g/mol. The standard InChI is InChI=1S/C10H11ClN4O2S/c1-6-10(18-14-13-6)9(16)8-7(11)5-12-15(8)3-4-17-2/h5H,3-4H2,1-2H3. The van der Waals surface area contributed by atoms with Gasteiger partial charge in [0, 0.05) is 7.11 Å². The van der Waals surface area contributed by atoms with Crippen molar-refractivity contribution in [3.05, 3.63) is 27.5 Å². The lowest BCUT2D eigenvalue weighted by atomic mass is 10.2. The van der Waals surface area contributed by atoms with Gasteiger partial charge in [0.25, 0.3) is 0 Å². The van der Waals surface area contributed by atoms with Crippen molar-refractivity contribution >= 4 is 28.9 Å². The van der Waals surface area contributed by atoms with Crippen molar-refractivity contribution in [3.63, 3.8) is 0 Å². The van der Waals surface area contributed by atoms with Crippen LogP contribution < -0.4 is 0 Å². The Morgan fingerprint density at radius 2 is 2.39 bits per heavy atom. The van der Waals surface area contributed by atoms with Gasteiger partial charge in [-0.2, -0.15) is 5.10 Å². The zero-order chi connectivity index (χ0) is 13.1. The third kappa shape index (κ3) is 2.43. The predicted molar refractivity (Wildman–Crippen MR) is 67.2 cm³/mol. The molecule has 96 valence electrons. The maximum absolute atomic E-state index is 12.3. The van der Waals surface area contributed by atoms with E-state index in [0.717, 1.165) is 11.5 Å². The van der Waals surface area contributed by atoms with Gasteiger partial charge in [0.15, 0.2) is 0 Å². The first-order chi connectivity index (χ1) is 8.65. The molecule has 0 fully saturated rings. The van der Waals surface area contributed by atoms with Gasteiger partial charge in [-0.1, -0.05) is 16.1 Å². The first-order valence-electron chi connectivity index (χ1n) is 5.19. The molecule has 18 heavy (non-hydrogen) atoms. The first kappa shape index (κ1) is 13.1. The molecular formula is C10H11ClN4O2S. The van der Waals surface area contributed by atoms with Gasteiger partial charge in [0.2, 0.25) is 5.78 Å². The molecule has 0 unspecified atom stereocenters. The zero-order valence-corrected chi connectivity index (χ0v) is 11.5. The summed E-state index contributed by atoms with van der Waals surface area (Å²) in [5, 5.41) is 8.20. The normalized spacial score (nSPS) is 10.8. The van der Waals surface area contributed by atoms with Gasteiger partial charge in [-0.15, -0.1) is 5.10 Å². The molecule has 0 saturated carbocycles. The van der Waals surface area contributed by atoms with Crippen LogP contribution >= 0.6 is 23.1 Å². The number of hydrogen-bond donors (Lipinski definition) is 0. The minimum atomic E-state index is -0.207. The van der Waals surface area contributed by atoms with Crippen LogP contribution in [0.5, 0.6) is 0 Å². The minimum absolute atomic E-state index is 0.207. The van der Waals surface area contributed by atoms with E-state index in [1.807, 2.05) is 0 Å². The van der Waals surface area contributed by atoms with Crippen LogP contribution in [0.3, 0.4) is 0 Å². The van der Waals surface area contributed by atoms with Crippen molar-refractivity contribution in [2.24, 2.45) is 0 Å². The lowest BCUT2D eigenvalue weighted by molar-refractivity contribution is 0.102. The van der Waals surface area contributed by atoms with Crippen LogP contribution in [0.1, 0.15) is 21.1 Å². The Labute approximate surface area is 113 Å². The molecule has 0 N–H and O–H groups in total. The second-order valence-corrected chi connectivity index (χ2v) is 4.73. The number of rotatable bonds is 5. The summed E-state index contributed by atoms with van der Waals surface area (Å²) >= 11 is 7.06. The Bertz CT molecular complexity index is 566. The number of carbonyl (C=O) groups excluding carboxylic acids is 1. The molecule has 2 aromatic heterocycles. The van der Waals surface area contributed by atoms with Crippen LogP contribution in [0.25, 0.3) is 0 Å². The Hall–Kier alpha value is -1.31.